The third-order valence-corrected chi connectivity index (χ3v) is 6.00. The molecule has 10 nitrogen and oxygen atoms in total. The first kappa shape index (κ1) is 22.7. The minimum absolute atomic E-state index is 0.229. The fourth-order valence-electron chi connectivity index (χ4n) is 3.54. The van der Waals surface area contributed by atoms with Gasteiger partial charge in [-0.3, -0.25) is 14.5 Å². The number of ether oxygens (including phenoxy) is 2. The van der Waals surface area contributed by atoms with E-state index in [2.05, 4.69) is 25.3 Å². The highest BCUT2D eigenvalue weighted by atomic mass is 32.2. The second-order valence-electron chi connectivity index (χ2n) is 7.32. The Labute approximate surface area is 204 Å². The lowest BCUT2D eigenvalue weighted by molar-refractivity contribution is 0.340. The number of aromatic amines is 1. The molecule has 0 amide bonds. The van der Waals surface area contributed by atoms with Gasteiger partial charge in [-0.15, -0.1) is 0 Å². The Morgan fingerprint density at radius 2 is 1.83 bits per heavy atom. The van der Waals surface area contributed by atoms with Crippen LogP contribution in [-0.2, 0) is 5.75 Å². The number of hydrogen-bond donors (Lipinski definition) is 1. The lowest BCUT2D eigenvalue weighted by Crippen LogP contribution is -2.21. The molecule has 0 unspecified atom stereocenters. The van der Waals surface area contributed by atoms with Gasteiger partial charge in [-0.2, -0.15) is 10.1 Å². The maximum Gasteiger partial charge on any atom is 0.269 e. The molecule has 0 aliphatic heterocycles. The van der Waals surface area contributed by atoms with Crippen LogP contribution >= 0.6 is 11.8 Å². The Morgan fingerprint density at radius 1 is 1.03 bits per heavy atom. The summed E-state index contributed by atoms with van der Waals surface area (Å²) in [7, 11) is 0. The fraction of sp³-hybridized carbons (Fsp3) is 0.208. The molecule has 3 aromatic heterocycles. The Kier molecular flexibility index (Phi) is 6.49. The quantitative estimate of drug-likeness (QED) is 0.239. The van der Waals surface area contributed by atoms with Crippen LogP contribution in [0.3, 0.4) is 0 Å². The molecule has 0 atom stereocenters. The number of thioether (sulfide) groups is 1. The molecule has 0 radical (unpaired) electrons. The highest BCUT2D eigenvalue weighted by Crippen LogP contribution is 2.29. The molecule has 178 valence electrons. The third-order valence-electron chi connectivity index (χ3n) is 5.08. The lowest BCUT2D eigenvalue weighted by atomic mass is 10.2. The van der Waals surface area contributed by atoms with Crippen LogP contribution in [0.15, 0.2) is 69.2 Å². The van der Waals surface area contributed by atoms with Crippen LogP contribution in [0.5, 0.6) is 11.5 Å². The first-order chi connectivity index (χ1) is 17.2. The van der Waals surface area contributed by atoms with Crippen molar-refractivity contribution in [2.24, 2.45) is 0 Å². The average Bonchev–Trinajstić information content (AvgIpc) is 3.54. The Hall–Kier alpha value is -4.12. The topological polar surface area (TPSA) is 121 Å². The van der Waals surface area contributed by atoms with Gasteiger partial charge >= 0.3 is 0 Å². The van der Waals surface area contributed by atoms with Gasteiger partial charge in [0.2, 0.25) is 11.7 Å². The summed E-state index contributed by atoms with van der Waals surface area (Å²) in [6.45, 7) is 4.93. The minimum Gasteiger partial charge on any atom is -0.494 e. The summed E-state index contributed by atoms with van der Waals surface area (Å²) in [6, 6.07) is 14.8. The van der Waals surface area contributed by atoms with Crippen molar-refractivity contribution in [1.29, 1.82) is 0 Å². The van der Waals surface area contributed by atoms with Crippen molar-refractivity contribution in [3.8, 4) is 28.6 Å². The SMILES string of the molecule is CCOc1ccc(-n2c(SCc3nc(-c4ccccc4OCC)no3)nc3[nH]ncc3c2=O)cc1. The molecule has 0 fully saturated rings. The zero-order valence-electron chi connectivity index (χ0n) is 19.1. The lowest BCUT2D eigenvalue weighted by Gasteiger charge is -2.12. The van der Waals surface area contributed by atoms with Crippen molar-refractivity contribution in [1.82, 2.24) is 29.9 Å². The van der Waals surface area contributed by atoms with Gasteiger partial charge in [-0.1, -0.05) is 29.1 Å². The van der Waals surface area contributed by atoms with Crippen LogP contribution < -0.4 is 15.0 Å². The molecule has 3 heterocycles. The molecule has 0 aliphatic rings. The van der Waals surface area contributed by atoms with Gasteiger partial charge < -0.3 is 14.0 Å². The molecular weight excluding hydrogens is 468 g/mol. The number of para-hydroxylation sites is 1. The van der Waals surface area contributed by atoms with Crippen molar-refractivity contribution in [3.63, 3.8) is 0 Å². The first-order valence-corrected chi connectivity index (χ1v) is 12.0. The van der Waals surface area contributed by atoms with E-state index in [-0.39, 0.29) is 5.56 Å². The maximum atomic E-state index is 13.3. The molecule has 0 saturated heterocycles. The van der Waals surface area contributed by atoms with Gasteiger partial charge in [0.1, 0.15) is 16.9 Å². The monoisotopic (exact) mass is 490 g/mol. The van der Waals surface area contributed by atoms with E-state index in [1.807, 2.05) is 62.4 Å². The van der Waals surface area contributed by atoms with Crippen molar-refractivity contribution in [2.45, 2.75) is 24.8 Å². The number of fused-ring (bicyclic) bond motifs is 1. The second kappa shape index (κ2) is 10.0. The van der Waals surface area contributed by atoms with E-state index in [4.69, 9.17) is 14.0 Å². The molecular formula is C24H22N6O4S. The van der Waals surface area contributed by atoms with Gasteiger partial charge in [0, 0.05) is 0 Å². The van der Waals surface area contributed by atoms with E-state index in [1.54, 1.807) is 4.57 Å². The predicted molar refractivity (Wildman–Crippen MR) is 131 cm³/mol. The summed E-state index contributed by atoms with van der Waals surface area (Å²) < 4.78 is 18.2. The summed E-state index contributed by atoms with van der Waals surface area (Å²) in [4.78, 5) is 22.4. The van der Waals surface area contributed by atoms with Crippen LogP contribution in [0.4, 0.5) is 0 Å². The van der Waals surface area contributed by atoms with Crippen LogP contribution in [0.2, 0.25) is 0 Å². The zero-order chi connectivity index (χ0) is 24.2. The van der Waals surface area contributed by atoms with Gasteiger partial charge in [-0.05, 0) is 50.2 Å². The normalized spacial score (nSPS) is 11.1. The minimum atomic E-state index is -0.229. The first-order valence-electron chi connectivity index (χ1n) is 11.0. The van der Waals surface area contributed by atoms with E-state index in [9.17, 15) is 4.79 Å². The van der Waals surface area contributed by atoms with Crippen molar-refractivity contribution in [3.05, 3.63) is 71.0 Å². The highest BCUT2D eigenvalue weighted by Gasteiger charge is 2.18. The van der Waals surface area contributed by atoms with Gasteiger partial charge in [0.15, 0.2) is 10.8 Å². The largest absolute Gasteiger partial charge is 0.494 e. The molecule has 2 aromatic carbocycles. The number of hydrogen-bond acceptors (Lipinski definition) is 9. The third kappa shape index (κ3) is 4.62. The van der Waals surface area contributed by atoms with Crippen LogP contribution in [0.25, 0.3) is 28.1 Å². The molecule has 5 aromatic rings. The number of rotatable bonds is 9. The summed E-state index contributed by atoms with van der Waals surface area (Å²) in [5.74, 6) is 2.55. The van der Waals surface area contributed by atoms with Gasteiger partial charge in [0.25, 0.3) is 5.56 Å². The molecule has 0 aliphatic carbocycles. The molecule has 0 bridgehead atoms. The number of benzene rings is 2. The molecule has 5 rings (SSSR count). The Bertz CT molecular complexity index is 1510. The molecule has 11 heteroatoms. The van der Waals surface area contributed by atoms with Crippen molar-refractivity contribution < 1.29 is 14.0 Å². The summed E-state index contributed by atoms with van der Waals surface area (Å²) >= 11 is 1.31. The van der Waals surface area contributed by atoms with Crippen molar-refractivity contribution >= 4 is 22.8 Å². The maximum absolute atomic E-state index is 13.3. The van der Waals surface area contributed by atoms with Gasteiger partial charge in [-0.25, -0.2) is 4.98 Å². The van der Waals surface area contributed by atoms with E-state index >= 15 is 0 Å². The van der Waals surface area contributed by atoms with E-state index in [0.29, 0.717) is 58.3 Å². The van der Waals surface area contributed by atoms with Crippen LogP contribution in [0, 0.1) is 0 Å². The predicted octanol–water partition coefficient (Wildman–Crippen LogP) is 4.25. The summed E-state index contributed by atoms with van der Waals surface area (Å²) in [6.07, 6.45) is 1.48. The number of nitrogens with one attached hydrogen (secondary N) is 1. The van der Waals surface area contributed by atoms with Crippen molar-refractivity contribution in [2.75, 3.05) is 13.2 Å². The Balaban J connectivity index is 1.45. The molecule has 0 spiro atoms. The summed E-state index contributed by atoms with van der Waals surface area (Å²) in [5, 5.41) is 11.7. The standard InChI is InChI=1S/C24H22N6O4S/c1-3-32-16-11-9-15(10-12-16)30-23(31)18-13-25-28-21(18)27-24(30)35-14-20-26-22(29-34-20)17-7-5-6-8-19(17)33-4-2/h5-13H,3-4,14H2,1-2H3,(H,25,28). The van der Waals surface area contributed by atoms with E-state index in [0.717, 1.165) is 11.3 Å². The average molecular weight is 491 g/mol. The van der Waals surface area contributed by atoms with Crippen LogP contribution in [0.1, 0.15) is 19.7 Å². The van der Waals surface area contributed by atoms with Gasteiger partial charge in [0.05, 0.1) is 36.4 Å². The molecule has 35 heavy (non-hydrogen) atoms. The van der Waals surface area contributed by atoms with E-state index < -0.39 is 0 Å². The second-order valence-corrected chi connectivity index (χ2v) is 8.27. The Morgan fingerprint density at radius 3 is 2.63 bits per heavy atom. The number of H-pyrrole nitrogens is 1. The fourth-order valence-corrected chi connectivity index (χ4v) is 4.38. The number of nitrogens with zero attached hydrogens (tertiary/aromatic N) is 5. The zero-order valence-corrected chi connectivity index (χ0v) is 19.9. The highest BCUT2D eigenvalue weighted by molar-refractivity contribution is 7.98. The molecule has 1 N–H and O–H groups in total. The van der Waals surface area contributed by atoms with E-state index in [1.165, 1.54) is 18.0 Å². The number of aromatic nitrogens is 6. The smallest absolute Gasteiger partial charge is 0.269 e. The molecule has 0 saturated carbocycles. The summed E-state index contributed by atoms with van der Waals surface area (Å²) in [5.41, 5.74) is 1.59. The van der Waals surface area contributed by atoms with Crippen LogP contribution in [-0.4, -0.2) is 43.1 Å².